The van der Waals surface area contributed by atoms with Crippen LogP contribution in [0, 0.1) is 11.7 Å². The lowest BCUT2D eigenvalue weighted by Crippen LogP contribution is -2.48. The first-order valence-electron chi connectivity index (χ1n) is 12.6. The van der Waals surface area contributed by atoms with Crippen molar-refractivity contribution in [3.8, 4) is 0 Å². The third-order valence-electron chi connectivity index (χ3n) is 7.78. The molecule has 2 fully saturated rings. The van der Waals surface area contributed by atoms with Gasteiger partial charge in [-0.2, -0.15) is 0 Å². The van der Waals surface area contributed by atoms with Gasteiger partial charge in [0.2, 0.25) is 11.8 Å². The van der Waals surface area contributed by atoms with E-state index in [0.717, 1.165) is 35.7 Å². The molecular formula is C29H32FN3O2. The quantitative estimate of drug-likeness (QED) is 0.550. The van der Waals surface area contributed by atoms with Gasteiger partial charge in [0.15, 0.2) is 0 Å². The average Bonchev–Trinajstić information content (AvgIpc) is 3.26. The zero-order valence-corrected chi connectivity index (χ0v) is 20.3. The zero-order valence-electron chi connectivity index (χ0n) is 20.3. The number of amides is 2. The Kier molecular flexibility index (Phi) is 6.54. The minimum absolute atomic E-state index is 0.0122. The number of hydrogen-bond donors (Lipinski definition) is 0. The van der Waals surface area contributed by atoms with Crippen LogP contribution in [0.15, 0.2) is 60.8 Å². The largest absolute Gasteiger partial charge is 0.341 e. The van der Waals surface area contributed by atoms with Crippen molar-refractivity contribution >= 4 is 22.7 Å². The molecule has 0 bridgehead atoms. The first-order chi connectivity index (χ1) is 17.0. The molecule has 2 aliphatic rings. The Hall–Kier alpha value is -3.28. The maximum absolute atomic E-state index is 14.9. The third-order valence-corrected chi connectivity index (χ3v) is 7.78. The second kappa shape index (κ2) is 9.76. The number of hydrogen-bond acceptors (Lipinski definition) is 3. The van der Waals surface area contributed by atoms with Crippen LogP contribution >= 0.6 is 0 Å². The molecule has 1 aliphatic carbocycles. The molecule has 1 aromatic heterocycles. The van der Waals surface area contributed by atoms with Crippen molar-refractivity contribution in [1.82, 2.24) is 14.8 Å². The number of fused-ring (bicyclic) bond motifs is 1. The second-order valence-electron chi connectivity index (χ2n) is 10.1. The normalized spacial score (nSPS) is 20.1. The van der Waals surface area contributed by atoms with Crippen LogP contribution in [0.4, 0.5) is 4.39 Å². The van der Waals surface area contributed by atoms with E-state index in [-0.39, 0.29) is 23.5 Å². The van der Waals surface area contributed by atoms with E-state index in [4.69, 9.17) is 0 Å². The summed E-state index contributed by atoms with van der Waals surface area (Å²) >= 11 is 0. The van der Waals surface area contributed by atoms with Crippen LogP contribution in [-0.4, -0.2) is 52.8 Å². The molecule has 1 saturated carbocycles. The lowest BCUT2D eigenvalue weighted by molar-refractivity contribution is -0.138. The number of carbonyl (C=O) groups is 2. The first kappa shape index (κ1) is 23.5. The zero-order chi connectivity index (χ0) is 24.4. The number of rotatable bonds is 4. The van der Waals surface area contributed by atoms with E-state index in [1.165, 1.54) is 6.07 Å². The van der Waals surface area contributed by atoms with Crippen LogP contribution in [0.25, 0.3) is 10.9 Å². The Morgan fingerprint density at radius 3 is 2.51 bits per heavy atom. The maximum atomic E-state index is 14.9. The fourth-order valence-electron chi connectivity index (χ4n) is 6.02. The molecule has 182 valence electrons. The van der Waals surface area contributed by atoms with E-state index in [1.807, 2.05) is 28.0 Å². The van der Waals surface area contributed by atoms with Crippen LogP contribution in [0.5, 0.6) is 0 Å². The van der Waals surface area contributed by atoms with Crippen molar-refractivity contribution in [3.63, 3.8) is 0 Å². The Labute approximate surface area is 205 Å². The van der Waals surface area contributed by atoms with Gasteiger partial charge in [-0.1, -0.05) is 43.2 Å². The van der Waals surface area contributed by atoms with Gasteiger partial charge in [0.25, 0.3) is 0 Å². The summed E-state index contributed by atoms with van der Waals surface area (Å²) in [5.41, 5.74) is 1.83. The van der Waals surface area contributed by atoms with Crippen molar-refractivity contribution in [1.29, 1.82) is 0 Å². The predicted octanol–water partition coefficient (Wildman–Crippen LogP) is 4.74. The number of carbonyl (C=O) groups excluding carboxylic acids is 2. The van der Waals surface area contributed by atoms with Gasteiger partial charge < -0.3 is 9.80 Å². The van der Waals surface area contributed by atoms with E-state index in [0.29, 0.717) is 44.6 Å². The van der Waals surface area contributed by atoms with Crippen LogP contribution in [0.1, 0.15) is 43.7 Å². The van der Waals surface area contributed by atoms with Gasteiger partial charge in [-0.05, 0) is 55.0 Å². The molecule has 5 rings (SSSR count). The summed E-state index contributed by atoms with van der Waals surface area (Å²) in [4.78, 5) is 34.6. The van der Waals surface area contributed by atoms with Gasteiger partial charge >= 0.3 is 0 Å². The number of halogens is 1. The summed E-state index contributed by atoms with van der Waals surface area (Å²) in [5, 5.41) is 1.08. The molecule has 3 aromatic rings. The number of nitrogens with zero attached hydrogens (tertiary/aromatic N) is 3. The Morgan fingerprint density at radius 2 is 1.74 bits per heavy atom. The molecule has 1 aliphatic heterocycles. The van der Waals surface area contributed by atoms with E-state index in [9.17, 15) is 14.0 Å². The lowest BCUT2D eigenvalue weighted by atomic mass is 9.77. The molecule has 35 heavy (non-hydrogen) atoms. The molecule has 1 atom stereocenters. The summed E-state index contributed by atoms with van der Waals surface area (Å²) in [5.74, 6) is -0.169. The highest BCUT2D eigenvalue weighted by molar-refractivity contribution is 5.89. The van der Waals surface area contributed by atoms with Gasteiger partial charge in [0.1, 0.15) is 5.82 Å². The number of aromatic nitrogens is 1. The third kappa shape index (κ3) is 4.66. The van der Waals surface area contributed by atoms with E-state index in [1.54, 1.807) is 25.3 Å². The number of pyridine rings is 1. The van der Waals surface area contributed by atoms with Crippen molar-refractivity contribution in [2.45, 2.75) is 44.4 Å². The van der Waals surface area contributed by atoms with E-state index in [2.05, 4.69) is 23.2 Å². The molecule has 2 heterocycles. The number of benzene rings is 2. The fourth-order valence-corrected chi connectivity index (χ4v) is 6.02. The predicted molar refractivity (Wildman–Crippen MR) is 134 cm³/mol. The topological polar surface area (TPSA) is 53.5 Å². The highest BCUT2D eigenvalue weighted by Crippen LogP contribution is 2.44. The second-order valence-corrected chi connectivity index (χ2v) is 10.1. The Bertz CT molecular complexity index is 1240. The standard InChI is InChI=1S/C29H32FN3O2/c1-21(34)32-15-16-33(28(35)29(12-4-5-13-29)25-8-2-3-9-26(25)30)20-23(19-32)17-22-10-11-27-24(18-22)7-6-14-31-27/h2-3,6-11,14,18,23H,4-5,12-13,15-17,19-20H2,1H3/t23-/m0/s1. The molecule has 5 nitrogen and oxygen atoms in total. The average molecular weight is 474 g/mol. The minimum Gasteiger partial charge on any atom is -0.341 e. The fraction of sp³-hybridized carbons (Fsp3) is 0.414. The molecule has 2 aromatic carbocycles. The molecule has 1 saturated heterocycles. The van der Waals surface area contributed by atoms with Crippen molar-refractivity contribution in [2.24, 2.45) is 5.92 Å². The highest BCUT2D eigenvalue weighted by Gasteiger charge is 2.47. The van der Waals surface area contributed by atoms with Gasteiger partial charge in [0.05, 0.1) is 10.9 Å². The van der Waals surface area contributed by atoms with Crippen LogP contribution in [0.3, 0.4) is 0 Å². The molecule has 0 radical (unpaired) electrons. The molecule has 6 heteroatoms. The molecular weight excluding hydrogens is 441 g/mol. The molecule has 0 spiro atoms. The van der Waals surface area contributed by atoms with Crippen molar-refractivity contribution < 1.29 is 14.0 Å². The van der Waals surface area contributed by atoms with Gasteiger partial charge in [-0.3, -0.25) is 14.6 Å². The SMILES string of the molecule is CC(=O)N1CCN(C(=O)C2(c3ccccc3F)CCCC2)C[C@@H](Cc2ccc3ncccc3c2)C1. The molecule has 0 N–H and O–H groups in total. The summed E-state index contributed by atoms with van der Waals surface area (Å²) in [6.45, 7) is 3.74. The summed E-state index contributed by atoms with van der Waals surface area (Å²) in [7, 11) is 0. The maximum Gasteiger partial charge on any atom is 0.233 e. The Balaban J connectivity index is 1.43. The minimum atomic E-state index is -0.810. The monoisotopic (exact) mass is 473 g/mol. The van der Waals surface area contributed by atoms with Crippen LogP contribution < -0.4 is 0 Å². The van der Waals surface area contributed by atoms with Crippen molar-refractivity contribution in [2.75, 3.05) is 26.2 Å². The van der Waals surface area contributed by atoms with Gasteiger partial charge in [-0.25, -0.2) is 4.39 Å². The highest BCUT2D eigenvalue weighted by atomic mass is 19.1. The van der Waals surface area contributed by atoms with E-state index < -0.39 is 5.41 Å². The van der Waals surface area contributed by atoms with Gasteiger partial charge in [0, 0.05) is 50.2 Å². The first-order valence-corrected chi connectivity index (χ1v) is 12.6. The summed E-state index contributed by atoms with van der Waals surface area (Å²) < 4.78 is 14.9. The smallest absolute Gasteiger partial charge is 0.233 e. The van der Waals surface area contributed by atoms with Crippen LogP contribution in [-0.2, 0) is 21.4 Å². The van der Waals surface area contributed by atoms with E-state index >= 15 is 0 Å². The van der Waals surface area contributed by atoms with Crippen molar-refractivity contribution in [3.05, 3.63) is 77.7 Å². The molecule has 0 unspecified atom stereocenters. The van der Waals surface area contributed by atoms with Crippen LogP contribution in [0.2, 0.25) is 0 Å². The molecule has 2 amide bonds. The Morgan fingerprint density at radius 1 is 1.00 bits per heavy atom. The summed E-state index contributed by atoms with van der Waals surface area (Å²) in [6, 6.07) is 17.0. The lowest BCUT2D eigenvalue weighted by Gasteiger charge is -2.35. The summed E-state index contributed by atoms with van der Waals surface area (Å²) in [6.07, 6.45) is 5.72. The van der Waals surface area contributed by atoms with Gasteiger partial charge in [-0.15, -0.1) is 0 Å².